The molecule has 4 rings (SSSR count). The van der Waals surface area contributed by atoms with Gasteiger partial charge < -0.3 is 40.1 Å². The third-order valence-electron chi connectivity index (χ3n) is 8.93. The van der Waals surface area contributed by atoms with Gasteiger partial charge in [0.15, 0.2) is 0 Å². The number of fused-ring (bicyclic) bond motifs is 1. The van der Waals surface area contributed by atoms with Gasteiger partial charge in [0.05, 0.1) is 34.7 Å². The van der Waals surface area contributed by atoms with E-state index in [4.69, 9.17) is 20.2 Å². The molecule has 1 saturated heterocycles. The Morgan fingerprint density at radius 1 is 1.02 bits per heavy atom. The summed E-state index contributed by atoms with van der Waals surface area (Å²) in [4.78, 5) is 73.4. The van der Waals surface area contributed by atoms with Crippen molar-refractivity contribution in [2.75, 3.05) is 50.8 Å². The number of hydrogen-bond acceptors (Lipinski definition) is 9. The number of carbonyl (C=O) groups excluding carboxylic acids is 3. The van der Waals surface area contributed by atoms with E-state index in [0.29, 0.717) is 30.8 Å². The number of aliphatic carboxylic acids is 2. The van der Waals surface area contributed by atoms with E-state index in [1.54, 1.807) is 30.9 Å². The molecular formula is C32H43N5O9. The molecule has 1 aliphatic carbocycles. The third kappa shape index (κ3) is 6.80. The molecule has 250 valence electrons. The van der Waals surface area contributed by atoms with Crippen molar-refractivity contribution in [3.63, 3.8) is 0 Å². The average Bonchev–Trinajstić information content (AvgIpc) is 3.00. The number of ether oxygens (including phenoxy) is 2. The first-order valence-electron chi connectivity index (χ1n) is 15.7. The number of carboxylic acids is 2. The normalized spacial score (nSPS) is 16.3. The molecule has 1 aromatic heterocycles. The molecule has 2 aliphatic rings. The van der Waals surface area contributed by atoms with Crippen molar-refractivity contribution in [1.29, 1.82) is 0 Å². The van der Waals surface area contributed by atoms with Crippen molar-refractivity contribution in [3.05, 3.63) is 29.0 Å². The Labute approximate surface area is 267 Å². The fraction of sp³-hybridized carbons (Fsp3) is 0.562. The second kappa shape index (κ2) is 14.2. The largest absolute Gasteiger partial charge is 0.481 e. The summed E-state index contributed by atoms with van der Waals surface area (Å²) in [6.45, 7) is 9.60. The lowest BCUT2D eigenvalue weighted by atomic mass is 9.80. The molecule has 14 heteroatoms. The fourth-order valence-electron chi connectivity index (χ4n) is 6.13. The quantitative estimate of drug-likeness (QED) is 0.291. The van der Waals surface area contributed by atoms with Gasteiger partial charge in [-0.05, 0) is 65.5 Å². The molecule has 4 N–H and O–H groups in total. The topological polar surface area (TPSA) is 193 Å². The van der Waals surface area contributed by atoms with E-state index >= 15 is 0 Å². The van der Waals surface area contributed by atoms with Crippen LogP contribution >= 0.6 is 0 Å². The number of benzene rings is 1. The van der Waals surface area contributed by atoms with E-state index in [1.165, 1.54) is 4.90 Å². The Hall–Kier alpha value is -4.62. The highest BCUT2D eigenvalue weighted by atomic mass is 16.6. The molecule has 1 aliphatic heterocycles. The van der Waals surface area contributed by atoms with Gasteiger partial charge in [-0.1, -0.05) is 0 Å². The standard InChI is InChI=1S/C32H43N5O9/c1-5-35(6-2)20-17-22(28(33)40)25-23(18-20)34-26(19(4)27(25)46-32(30(42)43)11-8-12-32)21(9-10-24(38)39)29(41)36-13-15-37(16-14-36)31(44)45-7-3/h17-18,21H,5-16H2,1-4H3,(H2,33,40)(H,38,39)(H,42,43). The maximum atomic E-state index is 14.2. The number of carbonyl (C=O) groups is 5. The van der Waals surface area contributed by atoms with Gasteiger partial charge in [0.2, 0.25) is 17.4 Å². The molecule has 1 unspecified atom stereocenters. The predicted octanol–water partition coefficient (Wildman–Crippen LogP) is 3.12. The van der Waals surface area contributed by atoms with Crippen LogP contribution in [0.3, 0.4) is 0 Å². The number of piperazine rings is 1. The summed E-state index contributed by atoms with van der Waals surface area (Å²) in [5, 5.41) is 20.0. The van der Waals surface area contributed by atoms with Crippen molar-refractivity contribution < 1.29 is 43.7 Å². The highest BCUT2D eigenvalue weighted by molar-refractivity contribution is 6.10. The maximum absolute atomic E-state index is 14.2. The van der Waals surface area contributed by atoms with Crippen molar-refractivity contribution in [3.8, 4) is 5.75 Å². The van der Waals surface area contributed by atoms with Crippen LogP contribution in [-0.2, 0) is 19.1 Å². The van der Waals surface area contributed by atoms with Gasteiger partial charge in [0.1, 0.15) is 5.75 Å². The van der Waals surface area contributed by atoms with Gasteiger partial charge in [-0.25, -0.2) is 9.59 Å². The van der Waals surface area contributed by atoms with Crippen molar-refractivity contribution >= 4 is 46.4 Å². The van der Waals surface area contributed by atoms with Crippen LogP contribution in [0, 0.1) is 6.92 Å². The van der Waals surface area contributed by atoms with Gasteiger partial charge in [-0.3, -0.25) is 19.4 Å². The molecule has 0 radical (unpaired) electrons. The Kier molecular flexibility index (Phi) is 10.6. The van der Waals surface area contributed by atoms with Crippen LogP contribution in [0.25, 0.3) is 10.9 Å². The zero-order valence-corrected chi connectivity index (χ0v) is 26.8. The van der Waals surface area contributed by atoms with Gasteiger partial charge >= 0.3 is 18.0 Å². The minimum Gasteiger partial charge on any atom is -0.481 e. The maximum Gasteiger partial charge on any atom is 0.409 e. The molecule has 2 heterocycles. The monoisotopic (exact) mass is 641 g/mol. The Morgan fingerprint density at radius 3 is 2.15 bits per heavy atom. The number of pyridine rings is 1. The molecule has 1 saturated carbocycles. The second-order valence-corrected chi connectivity index (χ2v) is 11.6. The summed E-state index contributed by atoms with van der Waals surface area (Å²) in [7, 11) is 0. The third-order valence-corrected chi connectivity index (χ3v) is 8.93. The Morgan fingerprint density at radius 2 is 1.65 bits per heavy atom. The molecule has 14 nitrogen and oxygen atoms in total. The number of aromatic nitrogens is 1. The van der Waals surface area contributed by atoms with Crippen LogP contribution in [0.4, 0.5) is 10.5 Å². The van der Waals surface area contributed by atoms with Gasteiger partial charge in [-0.15, -0.1) is 0 Å². The predicted molar refractivity (Wildman–Crippen MR) is 168 cm³/mol. The first-order chi connectivity index (χ1) is 21.9. The van der Waals surface area contributed by atoms with Crippen LogP contribution in [0.2, 0.25) is 0 Å². The minimum atomic E-state index is -1.53. The molecule has 2 aromatic rings. The van der Waals surface area contributed by atoms with Crippen molar-refractivity contribution in [2.24, 2.45) is 5.73 Å². The SMILES string of the molecule is CCOC(=O)N1CCN(C(=O)C(CCC(=O)O)c2nc3cc(N(CC)CC)cc(C(N)=O)c3c(OC3(C(=O)O)CCC3)c2C)CC1. The highest BCUT2D eigenvalue weighted by Crippen LogP contribution is 2.44. The summed E-state index contributed by atoms with van der Waals surface area (Å²) in [5.41, 5.74) is 5.92. The number of nitrogens with zero attached hydrogens (tertiary/aromatic N) is 4. The van der Waals surface area contributed by atoms with Crippen molar-refractivity contribution in [1.82, 2.24) is 14.8 Å². The molecule has 1 aromatic carbocycles. The lowest BCUT2D eigenvalue weighted by molar-refractivity contribution is -0.163. The number of carboxylic acid groups (broad SMARTS) is 2. The lowest BCUT2D eigenvalue weighted by Crippen LogP contribution is -2.52. The first-order valence-corrected chi connectivity index (χ1v) is 15.7. The lowest BCUT2D eigenvalue weighted by Gasteiger charge is -2.39. The first kappa shape index (κ1) is 34.3. The van der Waals surface area contributed by atoms with E-state index < -0.39 is 35.5 Å². The molecule has 46 heavy (non-hydrogen) atoms. The molecule has 3 amide bonds. The van der Waals surface area contributed by atoms with E-state index in [-0.39, 0.29) is 92.3 Å². The van der Waals surface area contributed by atoms with E-state index in [2.05, 4.69) is 0 Å². The van der Waals surface area contributed by atoms with Crippen molar-refractivity contribution in [2.45, 2.75) is 71.3 Å². The molecular weight excluding hydrogens is 598 g/mol. The van der Waals surface area contributed by atoms with E-state index in [9.17, 15) is 34.2 Å². The van der Waals surface area contributed by atoms with Gasteiger partial charge in [0, 0.05) is 56.9 Å². The van der Waals surface area contributed by atoms with Crippen LogP contribution in [0.5, 0.6) is 5.75 Å². The Balaban J connectivity index is 1.90. The number of rotatable bonds is 13. The zero-order valence-electron chi connectivity index (χ0n) is 26.8. The van der Waals surface area contributed by atoms with Crippen LogP contribution in [0.15, 0.2) is 12.1 Å². The Bertz CT molecular complexity index is 1510. The second-order valence-electron chi connectivity index (χ2n) is 11.6. The number of anilines is 1. The summed E-state index contributed by atoms with van der Waals surface area (Å²) in [5.74, 6) is -4.33. The highest BCUT2D eigenvalue weighted by Gasteiger charge is 2.48. The zero-order chi connectivity index (χ0) is 33.8. The smallest absolute Gasteiger partial charge is 0.409 e. The summed E-state index contributed by atoms with van der Waals surface area (Å²) >= 11 is 0. The van der Waals surface area contributed by atoms with Crippen LogP contribution in [-0.4, -0.2) is 106 Å². The minimum absolute atomic E-state index is 0.0854. The molecule has 0 spiro atoms. The van der Waals surface area contributed by atoms with Crippen LogP contribution < -0.4 is 15.4 Å². The number of primary amides is 1. The average molecular weight is 642 g/mol. The summed E-state index contributed by atoms with van der Waals surface area (Å²) in [6.07, 6.45) is 0.233. The van der Waals surface area contributed by atoms with E-state index in [1.807, 2.05) is 18.7 Å². The van der Waals surface area contributed by atoms with Gasteiger partial charge in [0.25, 0.3) is 0 Å². The fourth-order valence-corrected chi connectivity index (χ4v) is 6.13. The summed E-state index contributed by atoms with van der Waals surface area (Å²) < 4.78 is 11.4. The van der Waals surface area contributed by atoms with E-state index in [0.717, 1.165) is 0 Å². The van der Waals surface area contributed by atoms with Crippen LogP contribution in [0.1, 0.15) is 80.4 Å². The number of nitrogens with two attached hydrogens (primary N) is 1. The summed E-state index contributed by atoms with van der Waals surface area (Å²) in [6, 6.07) is 3.38. The molecule has 0 bridgehead atoms. The molecule has 2 fully saturated rings. The molecule has 1 atom stereocenters. The number of amides is 3. The van der Waals surface area contributed by atoms with Gasteiger partial charge in [-0.2, -0.15) is 0 Å². The number of hydrogen-bond donors (Lipinski definition) is 3.